The number of nitrogens with one attached hydrogen (secondary N) is 2. The molecule has 2 aliphatic heterocycles. The lowest BCUT2D eigenvalue weighted by Gasteiger charge is -2.21. The Hall–Kier alpha value is -2.89. The van der Waals surface area contributed by atoms with Gasteiger partial charge in [0.1, 0.15) is 13.2 Å². The summed E-state index contributed by atoms with van der Waals surface area (Å²) in [4.78, 5) is 14.6. The number of anilines is 3. The number of para-hydroxylation sites is 1. The van der Waals surface area contributed by atoms with Gasteiger partial charge in [0.25, 0.3) is 0 Å². The van der Waals surface area contributed by atoms with Gasteiger partial charge >= 0.3 is 0 Å². The number of fused-ring (bicyclic) bond motifs is 1. The van der Waals surface area contributed by atoms with Gasteiger partial charge in [-0.25, -0.2) is 0 Å². The Morgan fingerprint density at radius 1 is 1.00 bits per heavy atom. The standard InChI is InChI=1S/C20H23N3O3/c24-19(14-21-17-4-3-5-18-20(17)26-13-12-25-18)22-15-6-8-16(9-7-15)23-10-1-2-11-23/h3-9,21H,1-2,10-14H2,(H,22,24). The second kappa shape index (κ2) is 7.56. The topological polar surface area (TPSA) is 62.8 Å². The maximum Gasteiger partial charge on any atom is 0.243 e. The predicted octanol–water partition coefficient (Wildman–Crippen LogP) is 3.11. The maximum atomic E-state index is 12.2. The minimum atomic E-state index is -0.103. The summed E-state index contributed by atoms with van der Waals surface area (Å²) in [5.74, 6) is 1.27. The van der Waals surface area contributed by atoms with E-state index < -0.39 is 0 Å². The SMILES string of the molecule is O=C(CNc1cccc2c1OCCO2)Nc1ccc(N2CCCC2)cc1. The zero-order valence-corrected chi connectivity index (χ0v) is 14.7. The normalized spacial score (nSPS) is 15.6. The Balaban J connectivity index is 1.33. The fraction of sp³-hybridized carbons (Fsp3) is 0.350. The van der Waals surface area contributed by atoms with E-state index in [0.29, 0.717) is 24.7 Å². The van der Waals surface area contributed by atoms with Crippen LogP contribution in [0.4, 0.5) is 17.1 Å². The first-order valence-electron chi connectivity index (χ1n) is 9.07. The largest absolute Gasteiger partial charge is 0.486 e. The van der Waals surface area contributed by atoms with E-state index in [2.05, 4.69) is 27.7 Å². The molecule has 0 unspecified atom stereocenters. The Kier molecular flexibility index (Phi) is 4.82. The molecule has 26 heavy (non-hydrogen) atoms. The molecule has 2 heterocycles. The van der Waals surface area contributed by atoms with Crippen LogP contribution in [0.3, 0.4) is 0 Å². The third-order valence-electron chi connectivity index (χ3n) is 4.63. The van der Waals surface area contributed by atoms with Crippen LogP contribution in [-0.4, -0.2) is 38.8 Å². The molecule has 136 valence electrons. The summed E-state index contributed by atoms with van der Waals surface area (Å²) in [6.45, 7) is 3.45. The zero-order chi connectivity index (χ0) is 17.8. The fourth-order valence-electron chi connectivity index (χ4n) is 3.32. The van der Waals surface area contributed by atoms with Gasteiger partial charge in [-0.1, -0.05) is 6.07 Å². The summed E-state index contributed by atoms with van der Waals surface area (Å²) in [5.41, 5.74) is 2.78. The number of ether oxygens (including phenoxy) is 2. The van der Waals surface area contributed by atoms with E-state index in [0.717, 1.165) is 24.5 Å². The van der Waals surface area contributed by atoms with Crippen LogP contribution < -0.4 is 25.0 Å². The monoisotopic (exact) mass is 353 g/mol. The summed E-state index contributed by atoms with van der Waals surface area (Å²) in [6.07, 6.45) is 2.50. The van der Waals surface area contributed by atoms with Crippen LogP contribution in [0.5, 0.6) is 11.5 Å². The first-order valence-corrected chi connectivity index (χ1v) is 9.07. The van der Waals surface area contributed by atoms with Gasteiger partial charge in [-0.3, -0.25) is 4.79 Å². The molecule has 2 aromatic carbocycles. The van der Waals surface area contributed by atoms with Crippen molar-refractivity contribution < 1.29 is 14.3 Å². The first kappa shape index (κ1) is 16.6. The highest BCUT2D eigenvalue weighted by Gasteiger charge is 2.16. The Labute approximate surface area is 153 Å². The molecular formula is C20H23N3O3. The fourth-order valence-corrected chi connectivity index (χ4v) is 3.32. The smallest absolute Gasteiger partial charge is 0.243 e. The zero-order valence-electron chi connectivity index (χ0n) is 14.7. The molecule has 0 spiro atoms. The number of carbonyl (C=O) groups is 1. The Morgan fingerprint density at radius 3 is 2.58 bits per heavy atom. The Bertz CT molecular complexity index is 770. The second-order valence-corrected chi connectivity index (χ2v) is 6.47. The van der Waals surface area contributed by atoms with Crippen LogP contribution in [0.1, 0.15) is 12.8 Å². The highest BCUT2D eigenvalue weighted by atomic mass is 16.6. The van der Waals surface area contributed by atoms with Crippen molar-refractivity contribution in [2.24, 2.45) is 0 Å². The molecular weight excluding hydrogens is 330 g/mol. The van der Waals surface area contributed by atoms with Crippen LogP contribution in [-0.2, 0) is 4.79 Å². The lowest BCUT2D eigenvalue weighted by molar-refractivity contribution is -0.114. The maximum absolute atomic E-state index is 12.2. The van der Waals surface area contributed by atoms with Crippen molar-refractivity contribution in [2.75, 3.05) is 48.4 Å². The number of hydrogen-bond donors (Lipinski definition) is 2. The van der Waals surface area contributed by atoms with Gasteiger partial charge in [0.15, 0.2) is 11.5 Å². The third kappa shape index (κ3) is 3.69. The molecule has 0 saturated carbocycles. The van der Waals surface area contributed by atoms with Crippen molar-refractivity contribution in [2.45, 2.75) is 12.8 Å². The average Bonchev–Trinajstić information content (AvgIpc) is 3.22. The van der Waals surface area contributed by atoms with Crippen LogP contribution in [0.15, 0.2) is 42.5 Å². The summed E-state index contributed by atoms with van der Waals surface area (Å²) >= 11 is 0. The molecule has 6 nitrogen and oxygen atoms in total. The summed E-state index contributed by atoms with van der Waals surface area (Å²) in [6, 6.07) is 13.7. The molecule has 4 rings (SSSR count). The van der Waals surface area contributed by atoms with E-state index in [9.17, 15) is 4.79 Å². The molecule has 1 fully saturated rings. The van der Waals surface area contributed by atoms with Crippen LogP contribution in [0, 0.1) is 0 Å². The molecule has 1 saturated heterocycles. The molecule has 2 aromatic rings. The number of benzene rings is 2. The van der Waals surface area contributed by atoms with Gasteiger partial charge < -0.3 is 25.0 Å². The van der Waals surface area contributed by atoms with E-state index in [4.69, 9.17) is 9.47 Å². The molecule has 0 atom stereocenters. The van der Waals surface area contributed by atoms with Crippen molar-refractivity contribution in [3.05, 3.63) is 42.5 Å². The van der Waals surface area contributed by atoms with Crippen molar-refractivity contribution in [1.29, 1.82) is 0 Å². The van der Waals surface area contributed by atoms with Gasteiger partial charge in [0.2, 0.25) is 5.91 Å². The molecule has 2 aliphatic rings. The van der Waals surface area contributed by atoms with Crippen molar-refractivity contribution in [3.8, 4) is 11.5 Å². The highest BCUT2D eigenvalue weighted by Crippen LogP contribution is 2.37. The van der Waals surface area contributed by atoms with Gasteiger partial charge in [-0.2, -0.15) is 0 Å². The highest BCUT2D eigenvalue weighted by molar-refractivity contribution is 5.94. The number of rotatable bonds is 5. The second-order valence-electron chi connectivity index (χ2n) is 6.47. The molecule has 2 N–H and O–H groups in total. The minimum Gasteiger partial charge on any atom is -0.486 e. The van der Waals surface area contributed by atoms with E-state index in [1.54, 1.807) is 0 Å². The molecule has 0 radical (unpaired) electrons. The van der Waals surface area contributed by atoms with Gasteiger partial charge in [-0.15, -0.1) is 0 Å². The first-order chi connectivity index (χ1) is 12.8. The van der Waals surface area contributed by atoms with E-state index in [-0.39, 0.29) is 12.5 Å². The average molecular weight is 353 g/mol. The van der Waals surface area contributed by atoms with Crippen LogP contribution in [0.25, 0.3) is 0 Å². The summed E-state index contributed by atoms with van der Waals surface area (Å²) < 4.78 is 11.2. The predicted molar refractivity (Wildman–Crippen MR) is 102 cm³/mol. The van der Waals surface area contributed by atoms with Gasteiger partial charge in [-0.05, 0) is 49.2 Å². The number of nitrogens with zero attached hydrogens (tertiary/aromatic N) is 1. The third-order valence-corrected chi connectivity index (χ3v) is 4.63. The summed E-state index contributed by atoms with van der Waals surface area (Å²) in [7, 11) is 0. The van der Waals surface area contributed by atoms with Crippen molar-refractivity contribution in [3.63, 3.8) is 0 Å². The molecule has 0 bridgehead atoms. The lowest BCUT2D eigenvalue weighted by atomic mass is 10.2. The Morgan fingerprint density at radius 2 is 1.77 bits per heavy atom. The van der Waals surface area contributed by atoms with Crippen LogP contribution >= 0.6 is 0 Å². The minimum absolute atomic E-state index is 0.103. The molecule has 6 heteroatoms. The number of amides is 1. The van der Waals surface area contributed by atoms with Gasteiger partial charge in [0, 0.05) is 24.5 Å². The van der Waals surface area contributed by atoms with E-state index in [1.165, 1.54) is 18.5 Å². The van der Waals surface area contributed by atoms with Crippen molar-refractivity contribution in [1.82, 2.24) is 0 Å². The molecule has 0 aliphatic carbocycles. The van der Waals surface area contributed by atoms with Crippen molar-refractivity contribution >= 4 is 23.0 Å². The lowest BCUT2D eigenvalue weighted by Crippen LogP contribution is -2.23. The van der Waals surface area contributed by atoms with E-state index in [1.807, 2.05) is 30.3 Å². The number of carbonyl (C=O) groups excluding carboxylic acids is 1. The quantitative estimate of drug-likeness (QED) is 0.865. The molecule has 1 amide bonds. The van der Waals surface area contributed by atoms with E-state index >= 15 is 0 Å². The van der Waals surface area contributed by atoms with Crippen LogP contribution in [0.2, 0.25) is 0 Å². The summed E-state index contributed by atoms with van der Waals surface area (Å²) in [5, 5.41) is 6.04. The number of hydrogen-bond acceptors (Lipinski definition) is 5. The van der Waals surface area contributed by atoms with Gasteiger partial charge in [0.05, 0.1) is 12.2 Å². The molecule has 0 aromatic heterocycles.